The molecule has 265 valence electrons. The van der Waals surface area contributed by atoms with Gasteiger partial charge in [-0.3, -0.25) is 9.11 Å². The van der Waals surface area contributed by atoms with Gasteiger partial charge in [-0.25, -0.2) is 0 Å². The van der Waals surface area contributed by atoms with Crippen molar-refractivity contribution in [2.45, 2.75) is 9.79 Å². The Bertz CT molecular complexity index is 2350. The topological polar surface area (TPSA) is 229 Å². The van der Waals surface area contributed by atoms with Crippen molar-refractivity contribution >= 4 is 108 Å². The standard InChI is InChI=1S/C32H22Cl2N8O8S2.Na/c33-27-37-29(41-31(39-27)49-23-7-3-1-4-8-23)35-21-15-13-19(25(17-21)51(43,44)45)11-12-20-14-16-22(18-26(20)52(46,47)48)36-30-38-28(34)40-32(42-30)50-24-9-5-2-6-10-24;/h1-18H,(H,43,44,45)(H,46,47,48)(H,35,37,39,41)(H,36,38,40,42);. The van der Waals surface area contributed by atoms with Crippen LogP contribution in [0.3, 0.4) is 0 Å². The van der Waals surface area contributed by atoms with E-state index in [0.717, 1.165) is 12.1 Å². The van der Waals surface area contributed by atoms with Crippen molar-refractivity contribution in [3.05, 3.63) is 119 Å². The first-order valence-electron chi connectivity index (χ1n) is 14.5. The summed E-state index contributed by atoms with van der Waals surface area (Å²) in [7, 11) is -9.66. The minimum Gasteiger partial charge on any atom is -0.424 e. The zero-order valence-corrected chi connectivity index (χ0v) is 32.1. The van der Waals surface area contributed by atoms with E-state index in [-0.39, 0.29) is 86.5 Å². The molecule has 2 heterocycles. The molecule has 2 aromatic heterocycles. The molecule has 0 saturated heterocycles. The van der Waals surface area contributed by atoms with Gasteiger partial charge in [0.1, 0.15) is 21.3 Å². The van der Waals surface area contributed by atoms with Crippen LogP contribution in [0.15, 0.2) is 107 Å². The fraction of sp³-hybridized carbons (Fsp3) is 0. The van der Waals surface area contributed by atoms with E-state index in [1.165, 1.54) is 36.4 Å². The summed E-state index contributed by atoms with van der Waals surface area (Å²) < 4.78 is 80.9. The number of ether oxygens (including phenoxy) is 2. The summed E-state index contributed by atoms with van der Waals surface area (Å²) in [6, 6.07) is 24.7. The van der Waals surface area contributed by atoms with Crippen molar-refractivity contribution in [1.29, 1.82) is 0 Å². The minimum absolute atomic E-state index is 0. The molecule has 0 fully saturated rings. The van der Waals surface area contributed by atoms with Gasteiger partial charge in [-0.05, 0) is 82.9 Å². The fourth-order valence-corrected chi connectivity index (χ4v) is 6.16. The monoisotopic (exact) mass is 803 g/mol. The molecule has 0 unspecified atom stereocenters. The Morgan fingerprint density at radius 3 is 1.28 bits per heavy atom. The largest absolute Gasteiger partial charge is 0.424 e. The molecule has 0 atom stereocenters. The summed E-state index contributed by atoms with van der Waals surface area (Å²) in [6.45, 7) is 0. The Kier molecular flexibility index (Phi) is 12.6. The average molecular weight is 805 g/mol. The van der Waals surface area contributed by atoms with Gasteiger partial charge in [0, 0.05) is 40.9 Å². The number of rotatable bonds is 12. The van der Waals surface area contributed by atoms with Crippen LogP contribution in [0.2, 0.25) is 10.6 Å². The van der Waals surface area contributed by atoms with Gasteiger partial charge in [-0.2, -0.15) is 46.7 Å². The van der Waals surface area contributed by atoms with Crippen LogP contribution in [0.4, 0.5) is 23.3 Å². The molecule has 0 spiro atoms. The van der Waals surface area contributed by atoms with Gasteiger partial charge in [-0.15, -0.1) is 0 Å². The quantitative estimate of drug-likeness (QED) is 0.0572. The first-order valence-corrected chi connectivity index (χ1v) is 18.2. The summed E-state index contributed by atoms with van der Waals surface area (Å²) in [5.41, 5.74) is 0.179. The first-order chi connectivity index (χ1) is 24.8. The number of hydrogen-bond acceptors (Lipinski definition) is 14. The van der Waals surface area contributed by atoms with Gasteiger partial charge < -0.3 is 20.1 Å². The summed E-state index contributed by atoms with van der Waals surface area (Å²) in [5, 5.41) is 5.14. The van der Waals surface area contributed by atoms with E-state index in [1.54, 1.807) is 60.7 Å². The molecule has 21 heteroatoms. The second-order valence-electron chi connectivity index (χ2n) is 10.3. The molecule has 0 aliphatic carbocycles. The van der Waals surface area contributed by atoms with Crippen molar-refractivity contribution in [3.8, 4) is 23.5 Å². The molecule has 4 aromatic carbocycles. The van der Waals surface area contributed by atoms with Crippen molar-refractivity contribution in [2.75, 3.05) is 10.6 Å². The number of nitrogens with one attached hydrogen (secondary N) is 2. The van der Waals surface area contributed by atoms with E-state index in [4.69, 9.17) is 32.7 Å². The van der Waals surface area contributed by atoms with Crippen LogP contribution in [0.25, 0.3) is 12.2 Å². The molecule has 1 radical (unpaired) electrons. The Morgan fingerprint density at radius 1 is 0.547 bits per heavy atom. The van der Waals surface area contributed by atoms with Crippen molar-refractivity contribution in [3.63, 3.8) is 0 Å². The van der Waals surface area contributed by atoms with Gasteiger partial charge in [-0.1, -0.05) is 60.7 Å². The van der Waals surface area contributed by atoms with E-state index < -0.39 is 30.0 Å². The number of para-hydroxylation sites is 2. The van der Waals surface area contributed by atoms with Crippen LogP contribution >= 0.6 is 23.2 Å². The maximum Gasteiger partial charge on any atom is 0.328 e. The minimum atomic E-state index is -4.83. The Balaban J connectivity index is 0.00000541. The van der Waals surface area contributed by atoms with Gasteiger partial charge in [0.05, 0.1) is 0 Å². The Labute approximate surface area is 334 Å². The van der Waals surface area contributed by atoms with Gasteiger partial charge >= 0.3 is 12.0 Å². The third kappa shape index (κ3) is 10.9. The maximum absolute atomic E-state index is 12.4. The number of anilines is 4. The van der Waals surface area contributed by atoms with Crippen LogP contribution in [0.1, 0.15) is 11.1 Å². The van der Waals surface area contributed by atoms with E-state index in [2.05, 4.69) is 40.5 Å². The second kappa shape index (κ2) is 16.9. The SMILES string of the molecule is O=S(=O)(O)c1cc(Nc2nc(Cl)nc(Oc3ccccc3)n2)ccc1C=Cc1ccc(Nc2nc(Cl)nc(Oc3ccccc3)n2)cc1S(=O)(=O)O.[Na]. The summed E-state index contributed by atoms with van der Waals surface area (Å²) in [4.78, 5) is 22.9. The van der Waals surface area contributed by atoms with Crippen LogP contribution in [0.5, 0.6) is 23.5 Å². The molecule has 6 aromatic rings. The molecule has 0 bridgehead atoms. The number of benzene rings is 4. The molecular weight excluding hydrogens is 782 g/mol. The van der Waals surface area contributed by atoms with E-state index in [9.17, 15) is 25.9 Å². The Hall–Kier alpha value is -4.76. The van der Waals surface area contributed by atoms with Crippen LogP contribution < -0.4 is 20.1 Å². The van der Waals surface area contributed by atoms with Crippen LogP contribution in [-0.4, -0.2) is 85.4 Å². The van der Waals surface area contributed by atoms with Crippen molar-refractivity contribution in [2.24, 2.45) is 0 Å². The number of nitrogens with zero attached hydrogens (tertiary/aromatic N) is 6. The number of hydrogen-bond donors (Lipinski definition) is 4. The predicted molar refractivity (Wildman–Crippen MR) is 196 cm³/mol. The molecule has 0 aliphatic heterocycles. The van der Waals surface area contributed by atoms with Gasteiger partial charge in [0.2, 0.25) is 22.5 Å². The van der Waals surface area contributed by atoms with Crippen LogP contribution in [0, 0.1) is 0 Å². The third-order valence-corrected chi connectivity index (χ3v) is 8.77. The Morgan fingerprint density at radius 2 is 0.925 bits per heavy atom. The third-order valence-electron chi connectivity index (χ3n) is 6.62. The van der Waals surface area contributed by atoms with E-state index >= 15 is 0 Å². The van der Waals surface area contributed by atoms with E-state index in [1.807, 2.05) is 0 Å². The van der Waals surface area contributed by atoms with Crippen molar-refractivity contribution < 1.29 is 35.4 Å². The molecule has 0 amide bonds. The zero-order valence-electron chi connectivity index (χ0n) is 27.0. The number of aromatic nitrogens is 6. The summed E-state index contributed by atoms with van der Waals surface area (Å²) in [6.07, 6.45) is 2.46. The van der Waals surface area contributed by atoms with Crippen molar-refractivity contribution in [1.82, 2.24) is 29.9 Å². The molecule has 4 N–H and O–H groups in total. The van der Waals surface area contributed by atoms with Crippen LogP contribution in [-0.2, 0) is 20.2 Å². The normalized spacial score (nSPS) is 11.5. The predicted octanol–water partition coefficient (Wildman–Crippen LogP) is 6.72. The average Bonchev–Trinajstić information content (AvgIpc) is 3.07. The van der Waals surface area contributed by atoms with E-state index in [0.29, 0.717) is 11.5 Å². The smallest absolute Gasteiger partial charge is 0.328 e. The molecule has 6 rings (SSSR count). The second-order valence-corrected chi connectivity index (χ2v) is 13.7. The zero-order chi connectivity index (χ0) is 36.9. The fourth-order valence-electron chi connectivity index (χ4n) is 4.44. The molecule has 0 saturated carbocycles. The van der Waals surface area contributed by atoms with Gasteiger partial charge in [0.15, 0.2) is 0 Å². The molecular formula is C32H22Cl2N8NaO8S2. The van der Waals surface area contributed by atoms with Gasteiger partial charge in [0.25, 0.3) is 20.2 Å². The summed E-state index contributed by atoms with van der Waals surface area (Å²) in [5.74, 6) is 0.668. The summed E-state index contributed by atoms with van der Waals surface area (Å²) >= 11 is 12.1. The number of halogens is 2. The molecule has 53 heavy (non-hydrogen) atoms. The molecule has 16 nitrogen and oxygen atoms in total. The maximum atomic E-state index is 12.4. The molecule has 0 aliphatic rings. The first kappa shape index (κ1) is 39.4.